The van der Waals surface area contributed by atoms with Crippen LogP contribution in [0.2, 0.25) is 5.02 Å². The van der Waals surface area contributed by atoms with Crippen LogP contribution in [-0.2, 0) is 0 Å². The zero-order valence-electron chi connectivity index (χ0n) is 6.31. The van der Waals surface area contributed by atoms with E-state index >= 15 is 0 Å². The molecule has 0 saturated heterocycles. The molecule has 0 saturated carbocycles. The second kappa shape index (κ2) is 2.43. The average Bonchev–Trinajstić information content (AvgIpc) is 2.32. The molecule has 1 aromatic heterocycles. The first-order valence-corrected chi connectivity index (χ1v) is 3.80. The van der Waals surface area contributed by atoms with Crippen molar-refractivity contribution in [3.63, 3.8) is 0 Å². The zero-order chi connectivity index (χ0) is 9.59. The molecule has 0 aliphatic rings. The summed E-state index contributed by atoms with van der Waals surface area (Å²) in [5.41, 5.74) is -0.547. The first-order valence-electron chi connectivity index (χ1n) is 3.43. The summed E-state index contributed by atoms with van der Waals surface area (Å²) in [6.07, 6.45) is 0. The van der Waals surface area contributed by atoms with Gasteiger partial charge in [0.2, 0.25) is 0 Å². The maximum Gasteiger partial charge on any atom is 0.394 e. The van der Waals surface area contributed by atoms with Gasteiger partial charge in [0.25, 0.3) is 0 Å². The van der Waals surface area contributed by atoms with Gasteiger partial charge in [0, 0.05) is 5.02 Å². The van der Waals surface area contributed by atoms with Crippen LogP contribution in [0.1, 0.15) is 0 Å². The third kappa shape index (κ3) is 0.972. The Morgan fingerprint density at radius 2 is 1.77 bits per heavy atom. The third-order valence-electron chi connectivity index (χ3n) is 1.76. The van der Waals surface area contributed by atoms with Crippen LogP contribution in [0.3, 0.4) is 0 Å². The van der Waals surface area contributed by atoms with E-state index in [1.807, 2.05) is 0 Å². The minimum Gasteiger partial charge on any atom is -0.423 e. The van der Waals surface area contributed by atoms with E-state index in [-0.39, 0.29) is 11.0 Å². The minimum atomic E-state index is -0.919. The van der Waals surface area contributed by atoms with E-state index in [9.17, 15) is 4.79 Å². The van der Waals surface area contributed by atoms with Crippen LogP contribution >= 0.6 is 11.6 Å². The van der Waals surface area contributed by atoms with Crippen LogP contribution in [0.5, 0.6) is 0 Å². The molecule has 0 radical (unpaired) electrons. The molecule has 2 N–H and O–H groups in total. The molecule has 0 aliphatic carbocycles. The Bertz CT molecular complexity index is 528. The molecule has 0 amide bonds. The Morgan fingerprint density at radius 1 is 1.15 bits per heavy atom. The molecule has 6 heteroatoms. The summed E-state index contributed by atoms with van der Waals surface area (Å²) in [5, 5.41) is 18.7. The number of hydrogen-bond donors (Lipinski definition) is 2. The van der Waals surface area contributed by atoms with Gasteiger partial charge in [-0.1, -0.05) is 11.6 Å². The number of fused-ring (bicyclic) bond motifs is 1. The Kier molecular flexibility index (Phi) is 1.50. The van der Waals surface area contributed by atoms with E-state index in [0.717, 1.165) is 0 Å². The van der Waals surface area contributed by atoms with Crippen molar-refractivity contribution in [3.05, 3.63) is 33.7 Å². The second-order valence-corrected chi connectivity index (χ2v) is 2.98. The molecule has 0 unspecified atom stereocenters. The number of rotatable bonds is 0. The van der Waals surface area contributed by atoms with Gasteiger partial charge in [-0.2, -0.15) is 0 Å². The molecule has 1 heterocycles. The first-order chi connectivity index (χ1) is 6.11. The SMILES string of the molecule is O=c1n(O)c2ccc(Cl)cc2n1O. The van der Waals surface area contributed by atoms with Gasteiger partial charge in [0.1, 0.15) is 11.0 Å². The molecular formula is C7H5ClN2O3. The standard InChI is InChI=1S/C7H5ClN2O3/c8-4-1-2-5-6(3-4)10(13)7(11)9(5)12/h1-3,12-13H. The molecule has 1 aromatic carbocycles. The summed E-state index contributed by atoms with van der Waals surface area (Å²) in [6.45, 7) is 0. The molecule has 5 nitrogen and oxygen atoms in total. The number of hydrogen-bond acceptors (Lipinski definition) is 3. The molecule has 0 fully saturated rings. The average molecular weight is 201 g/mol. The van der Waals surface area contributed by atoms with Crippen molar-refractivity contribution in [2.45, 2.75) is 0 Å². The lowest BCUT2D eigenvalue weighted by Crippen LogP contribution is -2.20. The molecule has 13 heavy (non-hydrogen) atoms. The van der Waals surface area contributed by atoms with E-state index < -0.39 is 5.69 Å². The summed E-state index contributed by atoms with van der Waals surface area (Å²) in [4.78, 5) is 11.0. The zero-order valence-corrected chi connectivity index (χ0v) is 7.06. The maximum atomic E-state index is 11.0. The van der Waals surface area contributed by atoms with Gasteiger partial charge in [0.05, 0.1) is 0 Å². The molecule has 68 valence electrons. The Morgan fingerprint density at radius 3 is 2.46 bits per heavy atom. The smallest absolute Gasteiger partial charge is 0.394 e. The van der Waals surface area contributed by atoms with Gasteiger partial charge in [-0.05, 0) is 18.2 Å². The predicted molar refractivity (Wildman–Crippen MR) is 45.6 cm³/mol. The van der Waals surface area contributed by atoms with Crippen LogP contribution in [0.15, 0.2) is 23.0 Å². The highest BCUT2D eigenvalue weighted by Gasteiger charge is 2.11. The summed E-state index contributed by atoms with van der Waals surface area (Å²) < 4.78 is 0.687. The fourth-order valence-electron chi connectivity index (χ4n) is 1.14. The molecule has 2 rings (SSSR count). The first kappa shape index (κ1) is 8.00. The van der Waals surface area contributed by atoms with Crippen LogP contribution in [0.4, 0.5) is 0 Å². The molecule has 0 spiro atoms. The lowest BCUT2D eigenvalue weighted by molar-refractivity contribution is 0.138. The van der Waals surface area contributed by atoms with Crippen LogP contribution in [0.25, 0.3) is 11.0 Å². The van der Waals surface area contributed by atoms with Crippen molar-refractivity contribution in [1.82, 2.24) is 9.46 Å². The van der Waals surface area contributed by atoms with E-state index in [4.69, 9.17) is 22.0 Å². The highest BCUT2D eigenvalue weighted by molar-refractivity contribution is 6.31. The van der Waals surface area contributed by atoms with Crippen molar-refractivity contribution in [3.8, 4) is 0 Å². The van der Waals surface area contributed by atoms with Crippen molar-refractivity contribution in [2.24, 2.45) is 0 Å². The number of imidazole rings is 1. The van der Waals surface area contributed by atoms with Gasteiger partial charge >= 0.3 is 5.69 Å². The van der Waals surface area contributed by atoms with Gasteiger partial charge in [-0.15, -0.1) is 9.46 Å². The van der Waals surface area contributed by atoms with Crippen molar-refractivity contribution in [1.29, 1.82) is 0 Å². The summed E-state index contributed by atoms with van der Waals surface area (Å²) >= 11 is 5.63. The molecule has 0 bridgehead atoms. The quantitative estimate of drug-likeness (QED) is 0.622. The highest BCUT2D eigenvalue weighted by Crippen LogP contribution is 2.16. The topological polar surface area (TPSA) is 67.4 Å². The number of halogens is 1. The second-order valence-electron chi connectivity index (χ2n) is 2.54. The fraction of sp³-hybridized carbons (Fsp3) is 0. The van der Waals surface area contributed by atoms with E-state index in [2.05, 4.69) is 0 Å². The maximum absolute atomic E-state index is 11.0. The summed E-state index contributed by atoms with van der Waals surface area (Å²) in [5.74, 6) is 0. The third-order valence-corrected chi connectivity index (χ3v) is 1.99. The normalized spacial score (nSPS) is 10.8. The largest absolute Gasteiger partial charge is 0.423 e. The molecule has 2 aromatic rings. The van der Waals surface area contributed by atoms with E-state index in [1.165, 1.54) is 18.2 Å². The van der Waals surface area contributed by atoms with Gasteiger partial charge < -0.3 is 10.4 Å². The van der Waals surface area contributed by atoms with E-state index in [0.29, 0.717) is 14.5 Å². The molecule has 0 aliphatic heterocycles. The van der Waals surface area contributed by atoms with Gasteiger partial charge in [-0.3, -0.25) is 0 Å². The minimum absolute atomic E-state index is 0.167. The van der Waals surface area contributed by atoms with Crippen molar-refractivity contribution < 1.29 is 10.4 Å². The number of nitrogens with zero attached hydrogens (tertiary/aromatic N) is 2. The van der Waals surface area contributed by atoms with Gasteiger partial charge in [-0.25, -0.2) is 4.79 Å². The highest BCUT2D eigenvalue weighted by atomic mass is 35.5. The lowest BCUT2D eigenvalue weighted by atomic mass is 10.3. The molecular weight excluding hydrogens is 196 g/mol. The Balaban J connectivity index is 3.04. The van der Waals surface area contributed by atoms with Crippen LogP contribution < -0.4 is 5.69 Å². The van der Waals surface area contributed by atoms with E-state index in [1.54, 1.807) is 0 Å². The Hall–Kier alpha value is -1.62. The van der Waals surface area contributed by atoms with Crippen LogP contribution in [-0.4, -0.2) is 19.9 Å². The summed E-state index contributed by atoms with van der Waals surface area (Å²) in [6, 6.07) is 4.33. The predicted octanol–water partition coefficient (Wildman–Crippen LogP) is 0.931. The number of benzene rings is 1. The Labute approximate surface area is 76.9 Å². The van der Waals surface area contributed by atoms with Crippen molar-refractivity contribution in [2.75, 3.05) is 0 Å². The monoisotopic (exact) mass is 200 g/mol. The van der Waals surface area contributed by atoms with Crippen molar-refractivity contribution >= 4 is 22.6 Å². The lowest BCUT2D eigenvalue weighted by Gasteiger charge is -1.92. The fourth-order valence-corrected chi connectivity index (χ4v) is 1.31. The summed E-state index contributed by atoms with van der Waals surface area (Å²) in [7, 11) is 0. The van der Waals surface area contributed by atoms with Crippen LogP contribution in [0, 0.1) is 0 Å². The number of aromatic nitrogens is 2. The van der Waals surface area contributed by atoms with Gasteiger partial charge in [0.15, 0.2) is 0 Å². The molecule has 0 atom stereocenters.